The van der Waals surface area contributed by atoms with E-state index in [1.807, 2.05) is 6.07 Å². The Morgan fingerprint density at radius 3 is 2.38 bits per heavy atom. The molecule has 1 atom stereocenters. The highest BCUT2D eigenvalue weighted by atomic mass is 32.2. The highest BCUT2D eigenvalue weighted by Crippen LogP contribution is 2.13. The van der Waals surface area contributed by atoms with Gasteiger partial charge in [0, 0.05) is 11.9 Å². The Hall–Kier alpha value is -3.18. The summed E-state index contributed by atoms with van der Waals surface area (Å²) in [5, 5.41) is 11.4. The van der Waals surface area contributed by atoms with Gasteiger partial charge in [-0.1, -0.05) is 6.07 Å². The van der Waals surface area contributed by atoms with Crippen LogP contribution < -0.4 is 5.32 Å². The molecule has 0 aromatic heterocycles. The van der Waals surface area contributed by atoms with Crippen molar-refractivity contribution in [3.63, 3.8) is 0 Å². The highest BCUT2D eigenvalue weighted by molar-refractivity contribution is 7.90. The maximum Gasteiger partial charge on any atom is 0.338 e. The fourth-order valence-corrected chi connectivity index (χ4v) is 2.66. The lowest BCUT2D eigenvalue weighted by Crippen LogP contribution is -2.30. The Morgan fingerprint density at radius 1 is 1.15 bits per heavy atom. The summed E-state index contributed by atoms with van der Waals surface area (Å²) in [7, 11) is -3.36. The van der Waals surface area contributed by atoms with Crippen molar-refractivity contribution in [3.05, 3.63) is 59.7 Å². The zero-order valence-electron chi connectivity index (χ0n) is 14.1. The molecular weight excluding hydrogens is 356 g/mol. The first-order chi connectivity index (χ1) is 12.2. The SMILES string of the molecule is C[C@H](OC(=O)c1ccc(S(C)(=O)=O)cc1)C(=O)Nc1cccc(C#N)c1. The Morgan fingerprint density at radius 2 is 1.81 bits per heavy atom. The van der Waals surface area contributed by atoms with Gasteiger partial charge < -0.3 is 10.1 Å². The van der Waals surface area contributed by atoms with Gasteiger partial charge in [-0.05, 0) is 49.4 Å². The van der Waals surface area contributed by atoms with E-state index in [9.17, 15) is 18.0 Å². The van der Waals surface area contributed by atoms with E-state index in [0.29, 0.717) is 11.3 Å². The average Bonchev–Trinajstić information content (AvgIpc) is 2.61. The number of carbonyl (C=O) groups excluding carboxylic acids is 2. The van der Waals surface area contributed by atoms with Crippen LogP contribution in [0.1, 0.15) is 22.8 Å². The van der Waals surface area contributed by atoms with Crippen molar-refractivity contribution in [2.75, 3.05) is 11.6 Å². The summed E-state index contributed by atoms with van der Waals surface area (Å²) in [6.07, 6.45) is -0.0172. The molecule has 26 heavy (non-hydrogen) atoms. The largest absolute Gasteiger partial charge is 0.449 e. The fourth-order valence-electron chi connectivity index (χ4n) is 2.03. The monoisotopic (exact) mass is 372 g/mol. The molecule has 7 nitrogen and oxygen atoms in total. The number of esters is 1. The summed E-state index contributed by atoms with van der Waals surface area (Å²) in [6, 6.07) is 13.5. The molecule has 0 unspecified atom stereocenters. The summed E-state index contributed by atoms with van der Waals surface area (Å²) in [6.45, 7) is 1.41. The Balaban J connectivity index is 2.01. The number of nitrogens with one attached hydrogen (secondary N) is 1. The molecule has 0 aliphatic carbocycles. The normalized spacial score (nSPS) is 11.9. The lowest BCUT2D eigenvalue weighted by atomic mass is 10.2. The van der Waals surface area contributed by atoms with E-state index >= 15 is 0 Å². The summed E-state index contributed by atoms with van der Waals surface area (Å²) in [5.41, 5.74) is 0.927. The summed E-state index contributed by atoms with van der Waals surface area (Å²) >= 11 is 0. The van der Waals surface area contributed by atoms with Crippen LogP contribution in [0.4, 0.5) is 5.69 Å². The minimum Gasteiger partial charge on any atom is -0.449 e. The van der Waals surface area contributed by atoms with Crippen molar-refractivity contribution in [1.82, 2.24) is 0 Å². The van der Waals surface area contributed by atoms with Gasteiger partial charge in [-0.15, -0.1) is 0 Å². The van der Waals surface area contributed by atoms with Crippen molar-refractivity contribution in [2.24, 2.45) is 0 Å². The molecule has 1 amide bonds. The molecule has 2 rings (SSSR count). The topological polar surface area (TPSA) is 113 Å². The molecule has 0 heterocycles. The lowest BCUT2D eigenvalue weighted by Gasteiger charge is -2.14. The van der Waals surface area contributed by atoms with Gasteiger partial charge in [0.1, 0.15) is 0 Å². The minimum absolute atomic E-state index is 0.0808. The zero-order valence-corrected chi connectivity index (χ0v) is 14.9. The lowest BCUT2D eigenvalue weighted by molar-refractivity contribution is -0.123. The van der Waals surface area contributed by atoms with Crippen molar-refractivity contribution in [3.8, 4) is 6.07 Å². The van der Waals surface area contributed by atoms with Crippen LogP contribution in [-0.4, -0.2) is 32.7 Å². The first-order valence-electron chi connectivity index (χ1n) is 7.53. The predicted molar refractivity (Wildman–Crippen MR) is 94.2 cm³/mol. The number of rotatable bonds is 5. The van der Waals surface area contributed by atoms with E-state index in [0.717, 1.165) is 6.26 Å². The van der Waals surface area contributed by atoms with Crippen LogP contribution >= 0.6 is 0 Å². The maximum absolute atomic E-state index is 12.1. The zero-order chi connectivity index (χ0) is 19.3. The van der Waals surface area contributed by atoms with Gasteiger partial charge in [0.25, 0.3) is 5.91 Å². The molecule has 0 aliphatic rings. The van der Waals surface area contributed by atoms with E-state index in [2.05, 4.69) is 5.32 Å². The second-order valence-corrected chi connectivity index (χ2v) is 7.54. The third-order valence-electron chi connectivity index (χ3n) is 3.43. The summed E-state index contributed by atoms with van der Waals surface area (Å²) < 4.78 is 27.9. The number of hydrogen-bond acceptors (Lipinski definition) is 6. The third kappa shape index (κ3) is 4.91. The van der Waals surface area contributed by atoms with Gasteiger partial charge >= 0.3 is 5.97 Å². The van der Waals surface area contributed by atoms with E-state index in [1.54, 1.807) is 18.2 Å². The molecule has 0 fully saturated rings. The number of nitriles is 1. The van der Waals surface area contributed by atoms with Gasteiger partial charge in [0.05, 0.1) is 22.1 Å². The molecule has 0 aliphatic heterocycles. The molecule has 0 bridgehead atoms. The Bertz CT molecular complexity index is 975. The van der Waals surface area contributed by atoms with E-state index in [-0.39, 0.29) is 10.5 Å². The van der Waals surface area contributed by atoms with Crippen LogP contribution in [0.2, 0.25) is 0 Å². The number of sulfone groups is 1. The number of anilines is 1. The van der Waals surface area contributed by atoms with E-state index in [4.69, 9.17) is 10.00 Å². The first-order valence-corrected chi connectivity index (χ1v) is 9.42. The van der Waals surface area contributed by atoms with E-state index < -0.39 is 27.8 Å². The molecular formula is C18H16N2O5S. The molecule has 2 aromatic rings. The number of carbonyl (C=O) groups is 2. The first kappa shape index (κ1) is 19.1. The average molecular weight is 372 g/mol. The number of ether oxygens (including phenoxy) is 1. The Labute approximate surface area is 151 Å². The molecule has 0 spiro atoms. The standard InChI is InChI=1S/C18H16N2O5S/c1-12(17(21)20-15-5-3-4-13(10-15)11-19)25-18(22)14-6-8-16(9-7-14)26(2,23)24/h3-10,12H,1-2H3,(H,20,21)/t12-/m0/s1. The van der Waals surface area contributed by atoms with Gasteiger partial charge in [-0.2, -0.15) is 5.26 Å². The van der Waals surface area contributed by atoms with Crippen LogP contribution in [0, 0.1) is 11.3 Å². The van der Waals surface area contributed by atoms with Crippen LogP contribution in [0.25, 0.3) is 0 Å². The maximum atomic E-state index is 12.1. The van der Waals surface area contributed by atoms with Crippen molar-refractivity contribution in [1.29, 1.82) is 5.26 Å². The van der Waals surface area contributed by atoms with Crippen LogP contribution in [0.3, 0.4) is 0 Å². The molecule has 2 aromatic carbocycles. The van der Waals surface area contributed by atoms with Gasteiger partial charge in [0.15, 0.2) is 15.9 Å². The number of amides is 1. The van der Waals surface area contributed by atoms with Crippen LogP contribution in [-0.2, 0) is 19.4 Å². The quantitative estimate of drug-likeness (QED) is 0.805. The number of nitrogens with zero attached hydrogens (tertiary/aromatic N) is 1. The van der Waals surface area contributed by atoms with E-state index in [1.165, 1.54) is 37.3 Å². The second kappa shape index (κ2) is 7.80. The van der Waals surface area contributed by atoms with Gasteiger partial charge in [-0.25, -0.2) is 13.2 Å². The molecule has 0 radical (unpaired) electrons. The summed E-state index contributed by atoms with van der Waals surface area (Å²) in [5.74, 6) is -1.31. The summed E-state index contributed by atoms with van der Waals surface area (Å²) in [4.78, 5) is 24.3. The fraction of sp³-hybridized carbons (Fsp3) is 0.167. The minimum atomic E-state index is -3.36. The number of hydrogen-bond donors (Lipinski definition) is 1. The van der Waals surface area contributed by atoms with Gasteiger partial charge in [-0.3, -0.25) is 4.79 Å². The molecule has 0 saturated carbocycles. The van der Waals surface area contributed by atoms with Gasteiger partial charge in [0.2, 0.25) is 0 Å². The van der Waals surface area contributed by atoms with Crippen molar-refractivity contribution < 1.29 is 22.7 Å². The second-order valence-electron chi connectivity index (χ2n) is 5.53. The van der Waals surface area contributed by atoms with Crippen molar-refractivity contribution >= 4 is 27.4 Å². The highest BCUT2D eigenvalue weighted by Gasteiger charge is 2.19. The molecule has 1 N–H and O–H groups in total. The molecule has 8 heteroatoms. The van der Waals surface area contributed by atoms with Crippen LogP contribution in [0.15, 0.2) is 53.4 Å². The van der Waals surface area contributed by atoms with Crippen molar-refractivity contribution in [2.45, 2.75) is 17.9 Å². The number of benzene rings is 2. The smallest absolute Gasteiger partial charge is 0.338 e. The molecule has 0 saturated heterocycles. The third-order valence-corrected chi connectivity index (χ3v) is 4.56. The predicted octanol–water partition coefficient (Wildman–Crippen LogP) is 2.15. The Kier molecular flexibility index (Phi) is 5.75. The molecule has 134 valence electrons. The van der Waals surface area contributed by atoms with Crippen LogP contribution in [0.5, 0.6) is 0 Å².